The molecule has 31 heavy (non-hydrogen) atoms. The van der Waals surface area contributed by atoms with Gasteiger partial charge in [0.1, 0.15) is 24.4 Å². The summed E-state index contributed by atoms with van der Waals surface area (Å²) in [4.78, 5) is 7.44. The molecule has 6 rings (SSSR count). The van der Waals surface area contributed by atoms with Gasteiger partial charge in [-0.1, -0.05) is 0 Å². The van der Waals surface area contributed by atoms with E-state index in [2.05, 4.69) is 15.0 Å². The second kappa shape index (κ2) is 6.65. The number of nitrogens with zero attached hydrogens (tertiary/aromatic N) is 6. The maximum absolute atomic E-state index is 14.1. The molecular formula is C19H19F4N7O. The summed E-state index contributed by atoms with van der Waals surface area (Å²) in [5.74, 6) is 0.000846. The van der Waals surface area contributed by atoms with Crippen LogP contribution in [0.15, 0.2) is 18.2 Å². The molecule has 3 aliphatic heterocycles. The predicted octanol–water partition coefficient (Wildman–Crippen LogP) is 2.21. The fraction of sp³-hybridized carbons (Fsp3) is 0.474. The average molecular weight is 437 g/mol. The topological polar surface area (TPSA) is 79.1 Å². The first-order valence-electron chi connectivity index (χ1n) is 9.99. The third kappa shape index (κ3) is 2.78. The van der Waals surface area contributed by atoms with Crippen molar-refractivity contribution in [1.29, 1.82) is 0 Å². The first-order chi connectivity index (χ1) is 14.9. The highest BCUT2D eigenvalue weighted by molar-refractivity contribution is 5.51. The predicted molar refractivity (Wildman–Crippen MR) is 98.8 cm³/mol. The molecule has 3 aromatic rings. The van der Waals surface area contributed by atoms with Crippen LogP contribution in [0.25, 0.3) is 11.6 Å². The number of alkyl halides is 2. The van der Waals surface area contributed by atoms with Crippen molar-refractivity contribution in [3.63, 3.8) is 0 Å². The maximum atomic E-state index is 14.1. The third-order valence-corrected chi connectivity index (χ3v) is 6.38. The van der Waals surface area contributed by atoms with Crippen LogP contribution < -0.4 is 5.73 Å². The minimum Gasteiger partial charge on any atom is -0.370 e. The molecule has 8 nitrogen and oxygen atoms in total. The van der Waals surface area contributed by atoms with E-state index >= 15 is 0 Å². The van der Waals surface area contributed by atoms with Crippen molar-refractivity contribution in [2.45, 2.75) is 50.9 Å². The largest absolute Gasteiger partial charge is 0.370 e. The second-order valence-electron chi connectivity index (χ2n) is 8.20. The lowest BCUT2D eigenvalue weighted by molar-refractivity contribution is -0.0535. The molecule has 0 saturated carbocycles. The molecule has 2 N–H and O–H groups in total. The quantitative estimate of drug-likeness (QED) is 0.498. The van der Waals surface area contributed by atoms with E-state index in [1.54, 1.807) is 0 Å². The fourth-order valence-electron chi connectivity index (χ4n) is 4.85. The van der Waals surface area contributed by atoms with Crippen LogP contribution in [-0.4, -0.2) is 47.7 Å². The van der Waals surface area contributed by atoms with E-state index in [9.17, 15) is 17.6 Å². The van der Waals surface area contributed by atoms with Crippen LogP contribution in [0.2, 0.25) is 0 Å². The number of hydrogen-bond donors (Lipinski definition) is 1. The van der Waals surface area contributed by atoms with Gasteiger partial charge >= 0.3 is 6.55 Å². The van der Waals surface area contributed by atoms with Crippen LogP contribution in [0.4, 0.5) is 17.6 Å². The highest BCUT2D eigenvalue weighted by Gasteiger charge is 2.40. The molecule has 164 valence electrons. The Morgan fingerprint density at radius 2 is 2.00 bits per heavy atom. The lowest BCUT2D eigenvalue weighted by Crippen LogP contribution is -2.47. The van der Waals surface area contributed by atoms with Crippen LogP contribution in [0.5, 0.6) is 0 Å². The Morgan fingerprint density at radius 3 is 2.77 bits per heavy atom. The lowest BCUT2D eigenvalue weighted by atomic mass is 9.93. The van der Waals surface area contributed by atoms with Gasteiger partial charge < -0.3 is 15.0 Å². The van der Waals surface area contributed by atoms with Crippen LogP contribution in [0.1, 0.15) is 36.0 Å². The minimum atomic E-state index is -2.69. The first kappa shape index (κ1) is 19.0. The van der Waals surface area contributed by atoms with Gasteiger partial charge in [0.2, 0.25) is 5.82 Å². The summed E-state index contributed by atoms with van der Waals surface area (Å²) in [6, 6.07) is 2.77. The van der Waals surface area contributed by atoms with Gasteiger partial charge in [-0.15, -0.1) is 9.90 Å². The summed E-state index contributed by atoms with van der Waals surface area (Å²) in [7, 11) is 0. The van der Waals surface area contributed by atoms with Crippen molar-refractivity contribution in [2.24, 2.45) is 5.73 Å². The molecule has 0 amide bonds. The van der Waals surface area contributed by atoms with Crippen molar-refractivity contribution in [2.75, 3.05) is 6.61 Å². The molecule has 0 radical (unpaired) electrons. The number of halogens is 4. The van der Waals surface area contributed by atoms with E-state index < -0.39 is 30.3 Å². The van der Waals surface area contributed by atoms with E-state index in [-0.39, 0.29) is 18.3 Å². The van der Waals surface area contributed by atoms with Gasteiger partial charge in [0.15, 0.2) is 5.82 Å². The molecule has 3 aliphatic rings. The summed E-state index contributed by atoms with van der Waals surface area (Å²) in [5.41, 5.74) is 8.27. The molecule has 2 aromatic heterocycles. The maximum Gasteiger partial charge on any atom is 0.347 e. The fourth-order valence-corrected chi connectivity index (χ4v) is 4.85. The Hall–Kier alpha value is -2.70. The smallest absolute Gasteiger partial charge is 0.347 e. The van der Waals surface area contributed by atoms with Crippen molar-refractivity contribution < 1.29 is 22.3 Å². The molecule has 0 bridgehead atoms. The summed E-state index contributed by atoms with van der Waals surface area (Å²) >= 11 is 0. The monoisotopic (exact) mass is 437 g/mol. The number of hydrogen-bond acceptors (Lipinski definition) is 5. The van der Waals surface area contributed by atoms with Gasteiger partial charge in [0, 0.05) is 30.7 Å². The van der Waals surface area contributed by atoms with Crippen LogP contribution in [0.3, 0.4) is 0 Å². The highest BCUT2D eigenvalue weighted by atomic mass is 19.3. The number of benzene rings is 1. The number of nitrogens with two attached hydrogens (primary N) is 1. The molecule has 0 aliphatic carbocycles. The van der Waals surface area contributed by atoms with Gasteiger partial charge in [-0.05, 0) is 24.6 Å². The van der Waals surface area contributed by atoms with Crippen molar-refractivity contribution >= 4 is 0 Å². The zero-order valence-electron chi connectivity index (χ0n) is 16.3. The summed E-state index contributed by atoms with van der Waals surface area (Å²) < 4.78 is 62.8. The van der Waals surface area contributed by atoms with E-state index in [4.69, 9.17) is 10.5 Å². The van der Waals surface area contributed by atoms with Gasteiger partial charge in [-0.2, -0.15) is 8.78 Å². The van der Waals surface area contributed by atoms with Gasteiger partial charge in [-0.25, -0.2) is 18.4 Å². The highest BCUT2D eigenvalue weighted by Crippen LogP contribution is 2.37. The molecule has 0 spiro atoms. The Labute approximate surface area is 173 Å². The lowest BCUT2D eigenvalue weighted by Gasteiger charge is -2.38. The Bertz CT molecular complexity index is 1170. The minimum absolute atomic E-state index is 0.0124. The van der Waals surface area contributed by atoms with Crippen molar-refractivity contribution in [1.82, 2.24) is 29.0 Å². The van der Waals surface area contributed by atoms with Crippen LogP contribution >= 0.6 is 0 Å². The molecular weight excluding hydrogens is 418 g/mol. The zero-order chi connectivity index (χ0) is 21.4. The summed E-state index contributed by atoms with van der Waals surface area (Å²) in [6.07, 6.45) is -0.158. The number of ether oxygens (including phenoxy) is 1. The Morgan fingerprint density at radius 1 is 1.16 bits per heavy atom. The van der Waals surface area contributed by atoms with E-state index in [1.807, 2.05) is 4.57 Å². The van der Waals surface area contributed by atoms with E-state index in [0.29, 0.717) is 42.6 Å². The van der Waals surface area contributed by atoms with Crippen LogP contribution in [-0.2, 0) is 24.5 Å². The molecule has 1 aromatic carbocycles. The second-order valence-corrected chi connectivity index (χ2v) is 8.20. The van der Waals surface area contributed by atoms with Crippen molar-refractivity contribution in [3.05, 3.63) is 46.8 Å². The third-order valence-electron chi connectivity index (χ3n) is 6.38. The molecule has 1 fully saturated rings. The number of rotatable bonds is 3. The first-order valence-corrected chi connectivity index (χ1v) is 9.99. The Kier molecular flexibility index (Phi) is 4.08. The van der Waals surface area contributed by atoms with E-state index in [0.717, 1.165) is 29.6 Å². The molecule has 5 heterocycles. The standard InChI is InChI=1S/C19H19F4N7O/c20-9-1-2-12(21)11(3-9)16-13(24)4-10(7-31-16)27-5-14-15(6-27)28-8-29-18(17(28)25-14)26-30(29)19(22)23/h1-3,10,13,16,19H,4-8,24H2/t10-,13?,16-/m1/s1. The Balaban J connectivity index is 1.16. The van der Waals surface area contributed by atoms with Crippen molar-refractivity contribution in [3.8, 4) is 11.6 Å². The number of fused-ring (bicyclic) bond motifs is 5. The molecule has 3 atom stereocenters. The SMILES string of the molecule is NC1C[C@@H](N2Cc3nc4n(c3C2)Cn2c-4nn2C(F)F)CO[C@@H]1c1cc(F)ccc1F. The van der Waals surface area contributed by atoms with E-state index in [1.165, 1.54) is 4.68 Å². The van der Waals surface area contributed by atoms with Gasteiger partial charge in [0.05, 0.1) is 18.0 Å². The average Bonchev–Trinajstić information content (AvgIpc) is 3.32. The van der Waals surface area contributed by atoms with Crippen LogP contribution in [0, 0.1) is 11.6 Å². The van der Waals surface area contributed by atoms with Gasteiger partial charge in [0.25, 0.3) is 0 Å². The number of aromatic nitrogens is 5. The summed E-state index contributed by atoms with van der Waals surface area (Å²) in [5, 5.41) is 3.84. The molecule has 12 heteroatoms. The summed E-state index contributed by atoms with van der Waals surface area (Å²) in [6.45, 7) is -0.937. The molecule has 1 saturated heterocycles. The molecule has 1 unspecified atom stereocenters. The van der Waals surface area contributed by atoms with Gasteiger partial charge in [-0.3, -0.25) is 4.90 Å². The zero-order valence-corrected chi connectivity index (χ0v) is 16.3. The normalized spacial score (nSPS) is 25.3. The number of imidazole rings is 1.